The quantitative estimate of drug-likeness (QED) is 0.739. The summed E-state index contributed by atoms with van der Waals surface area (Å²) in [6, 6.07) is 5.11. The molecule has 0 atom stereocenters. The molecule has 1 amide bonds. The molecule has 1 aromatic carbocycles. The van der Waals surface area contributed by atoms with E-state index >= 15 is 0 Å². The second-order valence-corrected chi connectivity index (χ2v) is 3.61. The van der Waals surface area contributed by atoms with E-state index in [4.69, 9.17) is 4.74 Å². The average molecular weight is 232 g/mol. The zero-order valence-electron chi connectivity index (χ0n) is 10.1. The van der Waals surface area contributed by atoms with E-state index in [1.54, 1.807) is 44.7 Å². The molecule has 0 saturated carbocycles. The van der Waals surface area contributed by atoms with Crippen LogP contribution in [0.15, 0.2) is 24.3 Å². The summed E-state index contributed by atoms with van der Waals surface area (Å²) in [5, 5.41) is 0. The molecular formula is C13H14NO3. The van der Waals surface area contributed by atoms with Crippen LogP contribution in [0.2, 0.25) is 0 Å². The molecule has 17 heavy (non-hydrogen) atoms. The van der Waals surface area contributed by atoms with Crippen molar-refractivity contribution in [2.24, 2.45) is 0 Å². The smallest absolute Gasteiger partial charge is 0.257 e. The molecule has 4 nitrogen and oxygen atoms in total. The molecule has 1 radical (unpaired) electrons. The van der Waals surface area contributed by atoms with Crippen LogP contribution in [0.3, 0.4) is 0 Å². The Morgan fingerprint density at radius 1 is 1.41 bits per heavy atom. The monoisotopic (exact) mass is 232 g/mol. The van der Waals surface area contributed by atoms with Crippen LogP contribution in [0.4, 0.5) is 0 Å². The van der Waals surface area contributed by atoms with Crippen molar-refractivity contribution < 1.29 is 14.3 Å². The lowest BCUT2D eigenvalue weighted by Crippen LogP contribution is -2.22. The molecular weight excluding hydrogens is 218 g/mol. The predicted molar refractivity (Wildman–Crippen MR) is 65.7 cm³/mol. The van der Waals surface area contributed by atoms with E-state index in [1.807, 2.05) is 0 Å². The zero-order chi connectivity index (χ0) is 12.8. The molecule has 0 aromatic heterocycles. The van der Waals surface area contributed by atoms with Crippen molar-refractivity contribution >= 4 is 18.3 Å². The second-order valence-electron chi connectivity index (χ2n) is 3.61. The van der Waals surface area contributed by atoms with Gasteiger partial charge in [0.1, 0.15) is 5.75 Å². The molecule has 0 heterocycles. The summed E-state index contributed by atoms with van der Waals surface area (Å²) in [4.78, 5) is 23.4. The van der Waals surface area contributed by atoms with Crippen LogP contribution < -0.4 is 4.74 Å². The number of hydrogen-bond acceptors (Lipinski definition) is 3. The number of carbonyl (C=O) groups excluding carboxylic acids is 2. The number of allylic oxidation sites excluding steroid dienone is 1. The van der Waals surface area contributed by atoms with Crippen LogP contribution in [-0.2, 0) is 4.79 Å². The maximum Gasteiger partial charge on any atom is 0.257 e. The lowest BCUT2D eigenvalue weighted by atomic mass is 10.1. The van der Waals surface area contributed by atoms with Crippen LogP contribution in [0, 0.1) is 0 Å². The minimum atomic E-state index is -0.126. The highest BCUT2D eigenvalue weighted by atomic mass is 16.5. The fourth-order valence-corrected chi connectivity index (χ4v) is 1.36. The molecule has 0 N–H and O–H groups in total. The largest absolute Gasteiger partial charge is 0.496 e. The van der Waals surface area contributed by atoms with Gasteiger partial charge in [-0.3, -0.25) is 9.59 Å². The van der Waals surface area contributed by atoms with Crippen LogP contribution in [0.5, 0.6) is 5.75 Å². The zero-order valence-corrected chi connectivity index (χ0v) is 10.1. The van der Waals surface area contributed by atoms with Gasteiger partial charge in [0.05, 0.1) is 12.7 Å². The van der Waals surface area contributed by atoms with Gasteiger partial charge in [0.25, 0.3) is 5.91 Å². The average Bonchev–Trinajstić information content (AvgIpc) is 2.34. The van der Waals surface area contributed by atoms with Crippen LogP contribution in [0.25, 0.3) is 6.08 Å². The van der Waals surface area contributed by atoms with Gasteiger partial charge in [-0.15, -0.1) is 0 Å². The van der Waals surface area contributed by atoms with Crippen LogP contribution >= 0.6 is 0 Å². The molecule has 0 aliphatic rings. The van der Waals surface area contributed by atoms with E-state index < -0.39 is 0 Å². The van der Waals surface area contributed by atoms with Gasteiger partial charge in [0.2, 0.25) is 6.29 Å². The summed E-state index contributed by atoms with van der Waals surface area (Å²) in [5.41, 5.74) is 1.27. The van der Waals surface area contributed by atoms with Gasteiger partial charge in [0, 0.05) is 14.1 Å². The molecule has 1 aromatic rings. The van der Waals surface area contributed by atoms with E-state index in [2.05, 4.69) is 0 Å². The van der Waals surface area contributed by atoms with Crippen molar-refractivity contribution in [3.8, 4) is 5.75 Å². The summed E-state index contributed by atoms with van der Waals surface area (Å²) in [5.74, 6) is 0.357. The van der Waals surface area contributed by atoms with Gasteiger partial charge in [-0.25, -0.2) is 0 Å². The first kappa shape index (κ1) is 13.0. The lowest BCUT2D eigenvalue weighted by Gasteiger charge is -2.13. The van der Waals surface area contributed by atoms with Gasteiger partial charge in [-0.05, 0) is 23.8 Å². The number of carbonyl (C=O) groups is 1. The normalized spacial score (nSPS) is 10.3. The standard InChI is InChI=1S/C13H14NO3/c1-14(2)13(16)11-7-6-10(5-4-8-15)9-12(11)17-3/h4-7,9H,1-3H3/b5-4+. The Morgan fingerprint density at radius 2 is 2.12 bits per heavy atom. The van der Waals surface area contributed by atoms with E-state index in [9.17, 15) is 9.59 Å². The number of amides is 1. The highest BCUT2D eigenvalue weighted by Gasteiger charge is 2.13. The number of methoxy groups -OCH3 is 1. The van der Waals surface area contributed by atoms with Crippen molar-refractivity contribution in [1.82, 2.24) is 4.90 Å². The number of benzene rings is 1. The summed E-state index contributed by atoms with van der Waals surface area (Å²) in [6.45, 7) is 0. The third-order valence-corrected chi connectivity index (χ3v) is 2.21. The van der Waals surface area contributed by atoms with Crippen LogP contribution in [0.1, 0.15) is 15.9 Å². The lowest BCUT2D eigenvalue weighted by molar-refractivity contribution is 0.0824. The molecule has 0 saturated heterocycles. The number of nitrogens with zero attached hydrogens (tertiary/aromatic N) is 1. The third kappa shape index (κ3) is 3.17. The summed E-state index contributed by atoms with van der Waals surface area (Å²) < 4.78 is 5.16. The molecule has 4 heteroatoms. The summed E-state index contributed by atoms with van der Waals surface area (Å²) in [6.07, 6.45) is 4.53. The predicted octanol–water partition coefficient (Wildman–Crippen LogP) is 1.52. The van der Waals surface area contributed by atoms with E-state index in [1.165, 1.54) is 18.1 Å². The van der Waals surface area contributed by atoms with Crippen molar-refractivity contribution in [2.75, 3.05) is 21.2 Å². The Morgan fingerprint density at radius 3 is 2.65 bits per heavy atom. The summed E-state index contributed by atoms with van der Waals surface area (Å²) in [7, 11) is 4.86. The third-order valence-electron chi connectivity index (χ3n) is 2.21. The highest BCUT2D eigenvalue weighted by molar-refractivity contribution is 5.97. The molecule has 89 valence electrons. The molecule has 0 bridgehead atoms. The van der Waals surface area contributed by atoms with Crippen molar-refractivity contribution in [2.45, 2.75) is 0 Å². The van der Waals surface area contributed by atoms with Gasteiger partial charge in [-0.2, -0.15) is 0 Å². The Hall–Kier alpha value is -2.10. The Balaban J connectivity index is 3.13. The van der Waals surface area contributed by atoms with Gasteiger partial charge >= 0.3 is 0 Å². The SMILES string of the molecule is COc1cc(/C=C/[C]=O)ccc1C(=O)N(C)C. The van der Waals surface area contributed by atoms with Crippen molar-refractivity contribution in [1.29, 1.82) is 0 Å². The number of ether oxygens (including phenoxy) is 1. The van der Waals surface area contributed by atoms with Crippen molar-refractivity contribution in [3.05, 3.63) is 35.4 Å². The molecule has 1 rings (SSSR count). The second kappa shape index (κ2) is 5.84. The first-order valence-electron chi connectivity index (χ1n) is 5.04. The Kier molecular flexibility index (Phi) is 4.46. The van der Waals surface area contributed by atoms with Gasteiger partial charge in [0.15, 0.2) is 0 Å². The van der Waals surface area contributed by atoms with Crippen LogP contribution in [-0.4, -0.2) is 38.3 Å². The fourth-order valence-electron chi connectivity index (χ4n) is 1.36. The molecule has 0 aliphatic carbocycles. The minimum absolute atomic E-state index is 0.126. The maximum atomic E-state index is 11.8. The first-order chi connectivity index (χ1) is 8.10. The maximum absolute atomic E-state index is 11.8. The van der Waals surface area contributed by atoms with Gasteiger partial charge in [-0.1, -0.05) is 12.1 Å². The number of hydrogen-bond donors (Lipinski definition) is 0. The first-order valence-corrected chi connectivity index (χ1v) is 5.04. The van der Waals surface area contributed by atoms with Gasteiger partial charge < -0.3 is 9.64 Å². The molecule has 0 aliphatic heterocycles. The molecule has 0 unspecified atom stereocenters. The Bertz CT molecular complexity index is 450. The topological polar surface area (TPSA) is 46.6 Å². The fraction of sp³-hybridized carbons (Fsp3) is 0.231. The minimum Gasteiger partial charge on any atom is -0.496 e. The van der Waals surface area contributed by atoms with E-state index in [0.29, 0.717) is 11.3 Å². The number of rotatable bonds is 4. The van der Waals surface area contributed by atoms with Crippen molar-refractivity contribution in [3.63, 3.8) is 0 Å². The molecule has 0 spiro atoms. The summed E-state index contributed by atoms with van der Waals surface area (Å²) >= 11 is 0. The van der Waals surface area contributed by atoms with E-state index in [-0.39, 0.29) is 5.91 Å². The van der Waals surface area contributed by atoms with E-state index in [0.717, 1.165) is 5.56 Å². The highest BCUT2D eigenvalue weighted by Crippen LogP contribution is 2.22. The Labute approximate surface area is 100 Å². The molecule has 0 fully saturated rings.